The highest BCUT2D eigenvalue weighted by molar-refractivity contribution is 6.00. The quantitative estimate of drug-likeness (QED) is 0.366. The highest BCUT2D eigenvalue weighted by Gasteiger charge is 2.24. The number of hydrazone groups is 1. The summed E-state index contributed by atoms with van der Waals surface area (Å²) in [7, 11) is 0. The molecule has 0 bridgehead atoms. The Bertz CT molecular complexity index is 788. The molecule has 0 unspecified atom stereocenters. The van der Waals surface area contributed by atoms with Gasteiger partial charge in [-0.05, 0) is 26.2 Å². The molecule has 8 nitrogen and oxygen atoms in total. The number of nitrogens with zero attached hydrogens (tertiary/aromatic N) is 2. The molecule has 0 saturated heterocycles. The summed E-state index contributed by atoms with van der Waals surface area (Å²) in [6, 6.07) is -0.136. The van der Waals surface area contributed by atoms with E-state index in [4.69, 9.17) is 0 Å². The fourth-order valence-electron chi connectivity index (χ4n) is 3.51. The number of unbranched alkanes of at least 4 members (excludes halogenated alkanes) is 3. The number of rotatable bonds is 8. The second kappa shape index (κ2) is 10.1. The van der Waals surface area contributed by atoms with Crippen molar-refractivity contribution in [3.63, 3.8) is 0 Å². The number of H-pyrrole nitrogens is 1. The molecular formula is C19H30N4O4. The zero-order valence-corrected chi connectivity index (χ0v) is 16.2. The van der Waals surface area contributed by atoms with E-state index >= 15 is 0 Å². The van der Waals surface area contributed by atoms with Gasteiger partial charge in [-0.25, -0.2) is 10.2 Å². The second-order valence-corrected chi connectivity index (χ2v) is 7.16. The predicted octanol–water partition coefficient (Wildman–Crippen LogP) is 2.56. The van der Waals surface area contributed by atoms with Crippen molar-refractivity contribution in [3.05, 3.63) is 26.4 Å². The van der Waals surface area contributed by atoms with Gasteiger partial charge in [0.05, 0.1) is 5.71 Å². The van der Waals surface area contributed by atoms with E-state index in [2.05, 4.69) is 22.4 Å². The first-order valence-corrected chi connectivity index (χ1v) is 9.87. The van der Waals surface area contributed by atoms with Gasteiger partial charge in [-0.15, -0.1) is 0 Å². The molecule has 1 amide bonds. The van der Waals surface area contributed by atoms with Crippen LogP contribution in [0.3, 0.4) is 0 Å². The number of carbonyl (C=O) groups is 1. The maximum Gasteiger partial charge on any atom is 0.331 e. The Morgan fingerprint density at radius 3 is 2.59 bits per heavy atom. The van der Waals surface area contributed by atoms with Crippen LogP contribution >= 0.6 is 0 Å². The van der Waals surface area contributed by atoms with Crippen LogP contribution in [0.15, 0.2) is 14.7 Å². The maximum atomic E-state index is 12.2. The number of amides is 1. The number of hydrogen-bond donors (Lipinski definition) is 3. The van der Waals surface area contributed by atoms with E-state index in [1.165, 1.54) is 11.5 Å². The molecule has 1 fully saturated rings. The molecule has 2 rings (SSSR count). The van der Waals surface area contributed by atoms with E-state index in [1.807, 2.05) is 0 Å². The minimum Gasteiger partial charge on any atom is -0.494 e. The average molecular weight is 378 g/mol. The average Bonchev–Trinajstić information content (AvgIpc) is 2.64. The number of aromatic nitrogens is 2. The molecular weight excluding hydrogens is 348 g/mol. The Morgan fingerprint density at radius 2 is 1.93 bits per heavy atom. The van der Waals surface area contributed by atoms with Gasteiger partial charge in [-0.1, -0.05) is 45.4 Å². The summed E-state index contributed by atoms with van der Waals surface area (Å²) in [6.07, 6.45) is 8.94. The van der Waals surface area contributed by atoms with E-state index in [-0.39, 0.29) is 29.1 Å². The summed E-state index contributed by atoms with van der Waals surface area (Å²) >= 11 is 0. The van der Waals surface area contributed by atoms with Crippen LogP contribution in [-0.2, 0) is 4.79 Å². The number of carbonyl (C=O) groups excluding carboxylic acids is 1. The van der Waals surface area contributed by atoms with Crippen LogP contribution in [0.25, 0.3) is 0 Å². The summed E-state index contributed by atoms with van der Waals surface area (Å²) in [5.41, 5.74) is 1.20. The van der Waals surface area contributed by atoms with Crippen molar-refractivity contribution >= 4 is 11.6 Å². The molecule has 8 heteroatoms. The third kappa shape index (κ3) is 5.55. The van der Waals surface area contributed by atoms with Gasteiger partial charge in [0.15, 0.2) is 0 Å². The largest absolute Gasteiger partial charge is 0.494 e. The van der Waals surface area contributed by atoms with E-state index in [0.29, 0.717) is 6.42 Å². The van der Waals surface area contributed by atoms with Crippen LogP contribution in [-0.4, -0.2) is 26.3 Å². The molecule has 150 valence electrons. The Morgan fingerprint density at radius 1 is 1.22 bits per heavy atom. The summed E-state index contributed by atoms with van der Waals surface area (Å²) < 4.78 is 1.25. The molecule has 1 aliphatic rings. The second-order valence-electron chi connectivity index (χ2n) is 7.16. The standard InChI is InChI=1S/C19H30N4O4/c1-3-4-5-9-12-15(24)22-21-13(2)16-17(25)20-19(27)23(18(16)26)14-10-7-6-8-11-14/h14,26H,3-12H2,1-2H3,(H,22,24)(H,20,25,27)/b21-13+. The fraction of sp³-hybridized carbons (Fsp3) is 0.684. The number of nitrogens with one attached hydrogen (secondary N) is 2. The molecule has 0 atom stereocenters. The van der Waals surface area contributed by atoms with Crippen molar-refractivity contribution in [2.24, 2.45) is 5.10 Å². The van der Waals surface area contributed by atoms with Crippen molar-refractivity contribution in [3.8, 4) is 5.88 Å². The first kappa shape index (κ1) is 20.9. The highest BCUT2D eigenvalue weighted by atomic mass is 16.3. The van der Waals surface area contributed by atoms with Crippen LogP contribution in [0, 0.1) is 0 Å². The van der Waals surface area contributed by atoms with Gasteiger partial charge in [0.2, 0.25) is 11.8 Å². The van der Waals surface area contributed by atoms with Crippen molar-refractivity contribution in [2.45, 2.75) is 84.1 Å². The third-order valence-electron chi connectivity index (χ3n) is 5.03. The van der Waals surface area contributed by atoms with Gasteiger partial charge in [0, 0.05) is 12.5 Å². The lowest BCUT2D eigenvalue weighted by molar-refractivity contribution is -0.121. The van der Waals surface area contributed by atoms with Gasteiger partial charge in [-0.2, -0.15) is 5.10 Å². The van der Waals surface area contributed by atoms with Gasteiger partial charge in [0.1, 0.15) is 5.56 Å². The van der Waals surface area contributed by atoms with E-state index in [9.17, 15) is 19.5 Å². The van der Waals surface area contributed by atoms with Gasteiger partial charge in [0.25, 0.3) is 5.56 Å². The molecule has 3 N–H and O–H groups in total. The predicted molar refractivity (Wildman–Crippen MR) is 104 cm³/mol. The lowest BCUT2D eigenvalue weighted by Gasteiger charge is -2.25. The Balaban J connectivity index is 2.17. The number of hydrogen-bond acceptors (Lipinski definition) is 5. The van der Waals surface area contributed by atoms with Crippen LogP contribution in [0.4, 0.5) is 0 Å². The Kier molecular flexibility index (Phi) is 7.82. The molecule has 0 radical (unpaired) electrons. The SMILES string of the molecule is CCCCCCC(=O)N/N=C(\C)c1c(O)n(C2CCCCC2)c(=O)[nH]c1=O. The van der Waals surface area contributed by atoms with Gasteiger partial charge in [-0.3, -0.25) is 19.1 Å². The summed E-state index contributed by atoms with van der Waals surface area (Å²) in [4.78, 5) is 38.5. The molecule has 1 saturated carbocycles. The minimum absolute atomic E-state index is 0.0774. The normalized spacial score (nSPS) is 15.7. The van der Waals surface area contributed by atoms with E-state index < -0.39 is 11.2 Å². The minimum atomic E-state index is -0.706. The molecule has 1 heterocycles. The first-order valence-electron chi connectivity index (χ1n) is 9.87. The smallest absolute Gasteiger partial charge is 0.331 e. The topological polar surface area (TPSA) is 117 Å². The van der Waals surface area contributed by atoms with Crippen molar-refractivity contribution in [2.75, 3.05) is 0 Å². The Labute approximate surface area is 158 Å². The van der Waals surface area contributed by atoms with E-state index in [1.54, 1.807) is 0 Å². The number of aromatic hydroxyl groups is 1. The summed E-state index contributed by atoms with van der Waals surface area (Å²) in [6.45, 7) is 3.63. The van der Waals surface area contributed by atoms with Crippen LogP contribution in [0.5, 0.6) is 5.88 Å². The van der Waals surface area contributed by atoms with Crippen molar-refractivity contribution in [1.82, 2.24) is 15.0 Å². The lowest BCUT2D eigenvalue weighted by Crippen LogP contribution is -2.36. The Hall–Kier alpha value is -2.38. The third-order valence-corrected chi connectivity index (χ3v) is 5.03. The molecule has 0 aromatic carbocycles. The van der Waals surface area contributed by atoms with Gasteiger partial charge < -0.3 is 5.11 Å². The summed E-state index contributed by atoms with van der Waals surface area (Å²) in [5, 5.41) is 14.5. The summed E-state index contributed by atoms with van der Waals surface area (Å²) in [5.74, 6) is -0.615. The first-order chi connectivity index (χ1) is 13.0. The zero-order valence-electron chi connectivity index (χ0n) is 16.2. The molecule has 0 aliphatic heterocycles. The number of aromatic amines is 1. The van der Waals surface area contributed by atoms with Gasteiger partial charge >= 0.3 is 5.69 Å². The molecule has 0 spiro atoms. The van der Waals surface area contributed by atoms with Crippen LogP contribution < -0.4 is 16.7 Å². The molecule has 27 heavy (non-hydrogen) atoms. The highest BCUT2D eigenvalue weighted by Crippen LogP contribution is 2.30. The van der Waals surface area contributed by atoms with E-state index in [0.717, 1.165) is 57.8 Å². The monoisotopic (exact) mass is 378 g/mol. The van der Waals surface area contributed by atoms with Crippen LogP contribution in [0.1, 0.15) is 89.7 Å². The maximum absolute atomic E-state index is 12.2. The van der Waals surface area contributed by atoms with Crippen molar-refractivity contribution in [1.29, 1.82) is 0 Å². The fourth-order valence-corrected chi connectivity index (χ4v) is 3.51. The van der Waals surface area contributed by atoms with Crippen LogP contribution in [0.2, 0.25) is 0 Å². The molecule has 1 aromatic heterocycles. The lowest BCUT2D eigenvalue weighted by atomic mass is 9.95. The molecule has 1 aliphatic carbocycles. The zero-order chi connectivity index (χ0) is 19.8. The molecule has 1 aromatic rings. The van der Waals surface area contributed by atoms with Crippen molar-refractivity contribution < 1.29 is 9.90 Å².